The summed E-state index contributed by atoms with van der Waals surface area (Å²) in [5, 5.41) is 5.91. The van der Waals surface area contributed by atoms with Crippen molar-refractivity contribution in [3.8, 4) is 0 Å². The van der Waals surface area contributed by atoms with Crippen LogP contribution in [-0.2, 0) is 6.42 Å². The number of nitrogens with one attached hydrogen (secondary N) is 1. The predicted octanol–water partition coefficient (Wildman–Crippen LogP) is 3.14. The molecule has 0 aliphatic carbocycles. The summed E-state index contributed by atoms with van der Waals surface area (Å²) < 4.78 is 0. The molecule has 2 heterocycles. The van der Waals surface area contributed by atoms with Crippen molar-refractivity contribution in [1.29, 1.82) is 0 Å². The minimum atomic E-state index is 0.704. The summed E-state index contributed by atoms with van der Waals surface area (Å²) in [5.74, 6) is 0. The molecule has 0 bridgehead atoms. The lowest BCUT2D eigenvalue weighted by atomic mass is 10.1. The van der Waals surface area contributed by atoms with Crippen LogP contribution in [0.2, 0.25) is 0 Å². The summed E-state index contributed by atoms with van der Waals surface area (Å²) >= 11 is 1.87. The van der Waals surface area contributed by atoms with Crippen LogP contribution in [0.15, 0.2) is 17.5 Å². The third-order valence-corrected chi connectivity index (χ3v) is 4.81. The SMILES string of the molecule is CC(C)N1CCCC(NCCc2cccs2)CC1. The van der Waals surface area contributed by atoms with Gasteiger partial charge in [-0.2, -0.15) is 0 Å². The van der Waals surface area contributed by atoms with E-state index in [-0.39, 0.29) is 0 Å². The van der Waals surface area contributed by atoms with E-state index in [1.54, 1.807) is 0 Å². The fourth-order valence-corrected chi connectivity index (χ4v) is 3.40. The molecule has 1 aromatic heterocycles. The Morgan fingerprint density at radius 2 is 2.28 bits per heavy atom. The second-order valence-electron chi connectivity index (χ2n) is 5.54. The van der Waals surface area contributed by atoms with E-state index in [0.717, 1.165) is 12.6 Å². The minimum absolute atomic E-state index is 0.704. The standard InChI is InChI=1S/C15H26N2S/c1-13(2)17-10-3-5-14(8-11-17)16-9-7-15-6-4-12-18-15/h4,6,12-14,16H,3,5,7-11H2,1-2H3. The Kier molecular flexibility index (Phi) is 5.67. The zero-order valence-electron chi connectivity index (χ0n) is 11.7. The van der Waals surface area contributed by atoms with Gasteiger partial charge in [0.15, 0.2) is 0 Å². The molecule has 2 rings (SSSR count). The molecule has 2 nitrogen and oxygen atoms in total. The number of thiophene rings is 1. The number of hydrogen-bond donors (Lipinski definition) is 1. The topological polar surface area (TPSA) is 15.3 Å². The van der Waals surface area contributed by atoms with Crippen molar-refractivity contribution in [2.24, 2.45) is 0 Å². The molecular formula is C15H26N2S. The number of rotatable bonds is 5. The molecular weight excluding hydrogens is 240 g/mol. The van der Waals surface area contributed by atoms with E-state index in [1.807, 2.05) is 11.3 Å². The third kappa shape index (κ3) is 4.38. The van der Waals surface area contributed by atoms with Crippen molar-refractivity contribution in [2.75, 3.05) is 19.6 Å². The van der Waals surface area contributed by atoms with Crippen molar-refractivity contribution in [2.45, 2.75) is 51.6 Å². The summed E-state index contributed by atoms with van der Waals surface area (Å²) in [6, 6.07) is 5.81. The van der Waals surface area contributed by atoms with Gasteiger partial charge in [-0.15, -0.1) is 11.3 Å². The van der Waals surface area contributed by atoms with E-state index >= 15 is 0 Å². The Morgan fingerprint density at radius 1 is 1.39 bits per heavy atom. The highest BCUT2D eigenvalue weighted by atomic mass is 32.1. The van der Waals surface area contributed by atoms with Gasteiger partial charge in [-0.1, -0.05) is 6.07 Å². The molecule has 0 saturated carbocycles. The van der Waals surface area contributed by atoms with Crippen LogP contribution in [0.25, 0.3) is 0 Å². The molecule has 1 aliphatic heterocycles. The molecule has 0 radical (unpaired) electrons. The molecule has 1 atom stereocenters. The van der Waals surface area contributed by atoms with Crippen LogP contribution in [0.4, 0.5) is 0 Å². The Hall–Kier alpha value is -0.380. The van der Waals surface area contributed by atoms with Crippen LogP contribution in [0.5, 0.6) is 0 Å². The molecule has 1 saturated heterocycles. The molecule has 102 valence electrons. The monoisotopic (exact) mass is 266 g/mol. The summed E-state index contributed by atoms with van der Waals surface area (Å²) in [5.41, 5.74) is 0. The van der Waals surface area contributed by atoms with E-state index in [4.69, 9.17) is 0 Å². The van der Waals surface area contributed by atoms with Gasteiger partial charge in [-0.3, -0.25) is 0 Å². The maximum absolute atomic E-state index is 3.74. The van der Waals surface area contributed by atoms with E-state index in [1.165, 1.54) is 43.6 Å². The van der Waals surface area contributed by atoms with Crippen molar-refractivity contribution in [1.82, 2.24) is 10.2 Å². The fourth-order valence-electron chi connectivity index (χ4n) is 2.69. The third-order valence-electron chi connectivity index (χ3n) is 3.88. The summed E-state index contributed by atoms with van der Waals surface area (Å²) in [7, 11) is 0. The van der Waals surface area contributed by atoms with Crippen LogP contribution in [0.1, 0.15) is 38.0 Å². The molecule has 1 N–H and O–H groups in total. The first kappa shape index (κ1) is 14.0. The quantitative estimate of drug-likeness (QED) is 0.881. The van der Waals surface area contributed by atoms with Gasteiger partial charge in [0.1, 0.15) is 0 Å². The molecule has 0 amide bonds. The molecule has 1 unspecified atom stereocenters. The predicted molar refractivity (Wildman–Crippen MR) is 80.4 cm³/mol. The van der Waals surface area contributed by atoms with Gasteiger partial charge in [0.25, 0.3) is 0 Å². The van der Waals surface area contributed by atoms with E-state index < -0.39 is 0 Å². The highest BCUT2D eigenvalue weighted by molar-refractivity contribution is 7.09. The van der Waals surface area contributed by atoms with Gasteiger partial charge in [0.2, 0.25) is 0 Å². The first-order valence-electron chi connectivity index (χ1n) is 7.25. The highest BCUT2D eigenvalue weighted by Gasteiger charge is 2.17. The fraction of sp³-hybridized carbons (Fsp3) is 0.733. The number of likely N-dealkylation sites (tertiary alicyclic amines) is 1. The Balaban J connectivity index is 1.67. The van der Waals surface area contributed by atoms with Gasteiger partial charge >= 0.3 is 0 Å². The maximum Gasteiger partial charge on any atom is 0.00798 e. The van der Waals surface area contributed by atoms with Gasteiger partial charge in [-0.05, 0) is 64.1 Å². The van der Waals surface area contributed by atoms with Crippen LogP contribution >= 0.6 is 11.3 Å². The molecule has 1 aliphatic rings. The summed E-state index contributed by atoms with van der Waals surface area (Å²) in [6.07, 6.45) is 5.17. The molecule has 1 aromatic rings. The zero-order chi connectivity index (χ0) is 12.8. The first-order valence-corrected chi connectivity index (χ1v) is 8.13. The van der Waals surface area contributed by atoms with Gasteiger partial charge in [0.05, 0.1) is 0 Å². The van der Waals surface area contributed by atoms with Crippen LogP contribution in [0.3, 0.4) is 0 Å². The molecule has 0 aromatic carbocycles. The normalized spacial score (nSPS) is 22.3. The van der Waals surface area contributed by atoms with E-state index in [9.17, 15) is 0 Å². The van der Waals surface area contributed by atoms with Crippen molar-refractivity contribution in [3.63, 3.8) is 0 Å². The minimum Gasteiger partial charge on any atom is -0.314 e. The van der Waals surface area contributed by atoms with Crippen molar-refractivity contribution < 1.29 is 0 Å². The number of hydrogen-bond acceptors (Lipinski definition) is 3. The lowest BCUT2D eigenvalue weighted by Crippen LogP contribution is -2.34. The maximum atomic E-state index is 3.74. The molecule has 18 heavy (non-hydrogen) atoms. The lowest BCUT2D eigenvalue weighted by Gasteiger charge is -2.24. The first-order chi connectivity index (χ1) is 8.75. The average Bonchev–Trinajstić information content (AvgIpc) is 2.73. The molecule has 3 heteroatoms. The Bertz CT molecular complexity index is 321. The Morgan fingerprint density at radius 3 is 3.00 bits per heavy atom. The second-order valence-corrected chi connectivity index (χ2v) is 6.57. The lowest BCUT2D eigenvalue weighted by molar-refractivity contribution is 0.229. The molecule has 0 spiro atoms. The van der Waals surface area contributed by atoms with Gasteiger partial charge in [0, 0.05) is 23.5 Å². The second kappa shape index (κ2) is 7.27. The van der Waals surface area contributed by atoms with Crippen LogP contribution in [0, 0.1) is 0 Å². The Labute approximate surface area is 115 Å². The van der Waals surface area contributed by atoms with Crippen molar-refractivity contribution in [3.05, 3.63) is 22.4 Å². The van der Waals surface area contributed by atoms with Crippen LogP contribution < -0.4 is 5.32 Å². The largest absolute Gasteiger partial charge is 0.314 e. The van der Waals surface area contributed by atoms with Gasteiger partial charge in [-0.25, -0.2) is 0 Å². The van der Waals surface area contributed by atoms with Crippen LogP contribution in [-0.4, -0.2) is 36.6 Å². The highest BCUT2D eigenvalue weighted by Crippen LogP contribution is 2.14. The molecule has 1 fully saturated rings. The van der Waals surface area contributed by atoms with Gasteiger partial charge < -0.3 is 10.2 Å². The van der Waals surface area contributed by atoms with Crippen molar-refractivity contribution >= 4 is 11.3 Å². The van der Waals surface area contributed by atoms with E-state index in [2.05, 4.69) is 41.6 Å². The smallest absolute Gasteiger partial charge is 0.00798 e. The summed E-state index contributed by atoms with van der Waals surface area (Å²) in [4.78, 5) is 4.11. The average molecular weight is 266 g/mol. The number of nitrogens with zero attached hydrogens (tertiary/aromatic N) is 1. The van der Waals surface area contributed by atoms with E-state index in [0.29, 0.717) is 6.04 Å². The zero-order valence-corrected chi connectivity index (χ0v) is 12.5. The summed E-state index contributed by atoms with van der Waals surface area (Å²) in [6.45, 7) is 8.29.